The number of anilines is 1. The molecule has 0 saturated heterocycles. The van der Waals surface area contributed by atoms with Gasteiger partial charge in [0, 0.05) is 11.1 Å². The summed E-state index contributed by atoms with van der Waals surface area (Å²) in [6.07, 6.45) is 1.76. The second-order valence-electron chi connectivity index (χ2n) is 7.09. The van der Waals surface area contributed by atoms with Gasteiger partial charge in [-0.3, -0.25) is 9.59 Å². The standard InChI is InChI=1S/C26H21NO5/c1-3-32-26(30)18-10-12-19(13-11-18)27-24(28)22-7-5-4-6-21(22)23(25(27)29)16-17-8-14-20(31-2)15-9-17/h4-16H,3H2,1-2H3/b23-16-. The molecule has 32 heavy (non-hydrogen) atoms. The normalized spacial score (nSPS) is 14.3. The Bertz CT molecular complexity index is 1210. The van der Waals surface area contributed by atoms with Crippen LogP contribution >= 0.6 is 0 Å². The van der Waals surface area contributed by atoms with Gasteiger partial charge in [-0.2, -0.15) is 0 Å². The van der Waals surface area contributed by atoms with Crippen LogP contribution < -0.4 is 9.64 Å². The average molecular weight is 427 g/mol. The van der Waals surface area contributed by atoms with Crippen molar-refractivity contribution in [1.82, 2.24) is 0 Å². The zero-order chi connectivity index (χ0) is 22.7. The van der Waals surface area contributed by atoms with Crippen molar-refractivity contribution in [2.45, 2.75) is 6.92 Å². The number of carbonyl (C=O) groups excluding carboxylic acids is 3. The monoisotopic (exact) mass is 427 g/mol. The van der Waals surface area contributed by atoms with E-state index in [0.29, 0.717) is 33.7 Å². The summed E-state index contributed by atoms with van der Waals surface area (Å²) in [7, 11) is 1.59. The van der Waals surface area contributed by atoms with Gasteiger partial charge in [-0.15, -0.1) is 0 Å². The summed E-state index contributed by atoms with van der Waals surface area (Å²) in [5, 5.41) is 0. The second-order valence-corrected chi connectivity index (χ2v) is 7.09. The number of hydrogen-bond acceptors (Lipinski definition) is 5. The number of amides is 2. The molecule has 6 nitrogen and oxygen atoms in total. The molecule has 0 saturated carbocycles. The molecule has 2 amide bonds. The summed E-state index contributed by atoms with van der Waals surface area (Å²) in [5.74, 6) is -0.600. The summed E-state index contributed by atoms with van der Waals surface area (Å²) in [5.41, 5.74) is 2.94. The molecule has 160 valence electrons. The first-order valence-electron chi connectivity index (χ1n) is 10.1. The molecule has 0 spiro atoms. The van der Waals surface area contributed by atoms with E-state index in [1.165, 1.54) is 0 Å². The van der Waals surface area contributed by atoms with Gasteiger partial charge in [0.25, 0.3) is 11.8 Å². The molecule has 0 atom stereocenters. The van der Waals surface area contributed by atoms with Crippen LogP contribution in [-0.4, -0.2) is 31.5 Å². The second kappa shape index (κ2) is 8.89. The van der Waals surface area contributed by atoms with Crippen molar-refractivity contribution in [3.63, 3.8) is 0 Å². The Morgan fingerprint density at radius 3 is 2.16 bits per heavy atom. The molecule has 0 aliphatic carbocycles. The van der Waals surface area contributed by atoms with Gasteiger partial charge in [-0.25, -0.2) is 9.69 Å². The maximum atomic E-state index is 13.5. The molecule has 3 aromatic carbocycles. The van der Waals surface area contributed by atoms with Crippen LogP contribution in [0.15, 0.2) is 72.8 Å². The zero-order valence-electron chi connectivity index (χ0n) is 17.7. The molecule has 0 bridgehead atoms. The number of nitrogens with zero attached hydrogens (tertiary/aromatic N) is 1. The third kappa shape index (κ3) is 3.90. The van der Waals surface area contributed by atoms with Crippen LogP contribution in [0.2, 0.25) is 0 Å². The average Bonchev–Trinajstić information content (AvgIpc) is 2.83. The Morgan fingerprint density at radius 2 is 1.53 bits per heavy atom. The van der Waals surface area contributed by atoms with Crippen molar-refractivity contribution < 1.29 is 23.9 Å². The fourth-order valence-electron chi connectivity index (χ4n) is 3.55. The first-order valence-corrected chi connectivity index (χ1v) is 10.1. The third-order valence-corrected chi connectivity index (χ3v) is 5.15. The van der Waals surface area contributed by atoms with E-state index in [1.807, 2.05) is 24.3 Å². The number of methoxy groups -OCH3 is 1. The molecule has 1 aliphatic rings. The first-order chi connectivity index (χ1) is 15.5. The first kappa shape index (κ1) is 21.1. The minimum atomic E-state index is -0.458. The highest BCUT2D eigenvalue weighted by Gasteiger charge is 2.35. The van der Waals surface area contributed by atoms with Crippen molar-refractivity contribution in [3.05, 3.63) is 95.1 Å². The van der Waals surface area contributed by atoms with E-state index in [9.17, 15) is 14.4 Å². The number of hydrogen-bond donors (Lipinski definition) is 0. The number of imide groups is 1. The summed E-state index contributed by atoms with van der Waals surface area (Å²) < 4.78 is 10.2. The Morgan fingerprint density at radius 1 is 0.875 bits per heavy atom. The summed E-state index contributed by atoms with van der Waals surface area (Å²) in [6.45, 7) is 1.99. The molecule has 0 radical (unpaired) electrons. The minimum absolute atomic E-state index is 0.264. The highest BCUT2D eigenvalue weighted by molar-refractivity contribution is 6.43. The van der Waals surface area contributed by atoms with Crippen molar-refractivity contribution in [2.24, 2.45) is 0 Å². The molecule has 0 unspecified atom stereocenters. The lowest BCUT2D eigenvalue weighted by atomic mass is 9.91. The number of esters is 1. The van der Waals surface area contributed by atoms with Gasteiger partial charge in [-0.05, 0) is 66.6 Å². The van der Waals surface area contributed by atoms with Gasteiger partial charge in [0.2, 0.25) is 0 Å². The number of rotatable bonds is 5. The van der Waals surface area contributed by atoms with E-state index in [1.54, 1.807) is 68.6 Å². The number of benzene rings is 3. The van der Waals surface area contributed by atoms with Crippen molar-refractivity contribution >= 4 is 35.1 Å². The molecule has 1 aliphatic heterocycles. The Kier molecular flexibility index (Phi) is 5.85. The van der Waals surface area contributed by atoms with E-state index < -0.39 is 17.8 Å². The van der Waals surface area contributed by atoms with E-state index >= 15 is 0 Å². The quantitative estimate of drug-likeness (QED) is 0.338. The van der Waals surface area contributed by atoms with Gasteiger partial charge in [-0.1, -0.05) is 30.3 Å². The summed E-state index contributed by atoms with van der Waals surface area (Å²) in [6, 6.07) is 20.6. The largest absolute Gasteiger partial charge is 0.497 e. The van der Waals surface area contributed by atoms with E-state index in [0.717, 1.165) is 10.5 Å². The SMILES string of the molecule is CCOC(=O)c1ccc(N2C(=O)/C(=C\c3ccc(OC)cc3)c3ccccc3C2=O)cc1. The van der Waals surface area contributed by atoms with E-state index in [-0.39, 0.29) is 6.61 Å². The van der Waals surface area contributed by atoms with Crippen LogP contribution in [0.1, 0.15) is 38.8 Å². The molecule has 6 heteroatoms. The van der Waals surface area contributed by atoms with Crippen LogP contribution in [-0.2, 0) is 9.53 Å². The molecule has 0 aromatic heterocycles. The Labute approximate surface area is 185 Å². The maximum Gasteiger partial charge on any atom is 0.338 e. The van der Waals surface area contributed by atoms with E-state index in [2.05, 4.69) is 0 Å². The lowest BCUT2D eigenvalue weighted by Gasteiger charge is -2.28. The summed E-state index contributed by atoms with van der Waals surface area (Å²) >= 11 is 0. The minimum Gasteiger partial charge on any atom is -0.497 e. The third-order valence-electron chi connectivity index (χ3n) is 5.15. The van der Waals surface area contributed by atoms with Crippen LogP contribution in [0, 0.1) is 0 Å². The molecular weight excluding hydrogens is 406 g/mol. The molecule has 0 N–H and O–H groups in total. The van der Waals surface area contributed by atoms with Crippen molar-refractivity contribution in [2.75, 3.05) is 18.6 Å². The Balaban J connectivity index is 1.76. The Hall–Kier alpha value is -4.19. The van der Waals surface area contributed by atoms with Crippen LogP contribution in [0.3, 0.4) is 0 Å². The van der Waals surface area contributed by atoms with Crippen molar-refractivity contribution in [3.8, 4) is 5.75 Å². The molecule has 1 heterocycles. The fraction of sp³-hybridized carbons (Fsp3) is 0.115. The number of carbonyl (C=O) groups is 3. The van der Waals surface area contributed by atoms with E-state index in [4.69, 9.17) is 9.47 Å². The summed E-state index contributed by atoms with van der Waals surface area (Å²) in [4.78, 5) is 39.7. The lowest BCUT2D eigenvalue weighted by molar-refractivity contribution is -0.112. The number of ether oxygens (including phenoxy) is 2. The topological polar surface area (TPSA) is 72.9 Å². The lowest BCUT2D eigenvalue weighted by Crippen LogP contribution is -2.41. The predicted molar refractivity (Wildman–Crippen MR) is 122 cm³/mol. The smallest absolute Gasteiger partial charge is 0.338 e. The van der Waals surface area contributed by atoms with Gasteiger partial charge in [0.15, 0.2) is 0 Å². The zero-order valence-corrected chi connectivity index (χ0v) is 17.7. The molecule has 4 rings (SSSR count). The number of fused-ring (bicyclic) bond motifs is 1. The van der Waals surface area contributed by atoms with Crippen LogP contribution in [0.5, 0.6) is 5.75 Å². The fourth-order valence-corrected chi connectivity index (χ4v) is 3.55. The van der Waals surface area contributed by atoms with Gasteiger partial charge < -0.3 is 9.47 Å². The predicted octanol–water partition coefficient (Wildman–Crippen LogP) is 4.60. The highest BCUT2D eigenvalue weighted by atomic mass is 16.5. The van der Waals surface area contributed by atoms with Crippen LogP contribution in [0.4, 0.5) is 5.69 Å². The van der Waals surface area contributed by atoms with Crippen LogP contribution in [0.25, 0.3) is 11.6 Å². The molecular formula is C26H21NO5. The van der Waals surface area contributed by atoms with Gasteiger partial charge in [0.1, 0.15) is 5.75 Å². The van der Waals surface area contributed by atoms with Crippen molar-refractivity contribution in [1.29, 1.82) is 0 Å². The highest BCUT2D eigenvalue weighted by Crippen LogP contribution is 2.33. The maximum absolute atomic E-state index is 13.5. The molecule has 3 aromatic rings. The van der Waals surface area contributed by atoms with Gasteiger partial charge in [0.05, 0.1) is 25.0 Å². The molecule has 0 fully saturated rings. The van der Waals surface area contributed by atoms with Gasteiger partial charge >= 0.3 is 5.97 Å².